The molecular formula is C38H72N2. The average molecular weight is 557 g/mol. The van der Waals surface area contributed by atoms with Gasteiger partial charge in [0.2, 0.25) is 0 Å². The molecule has 4 N–H and O–H groups in total. The molecular weight excluding hydrogens is 484 g/mol. The van der Waals surface area contributed by atoms with E-state index in [0.717, 1.165) is 37.1 Å². The van der Waals surface area contributed by atoms with E-state index in [4.69, 9.17) is 11.5 Å². The number of rotatable bonds is 28. The SMILES string of the molecule is CCCCCCCCc1c(N)c(CCCCCCCC)c(CCCCCCCC)c(N)c1CCCCCCCC. The Morgan fingerprint density at radius 2 is 0.450 bits per heavy atom. The Labute approximate surface area is 252 Å². The summed E-state index contributed by atoms with van der Waals surface area (Å²) in [6.07, 6.45) is 36.4. The van der Waals surface area contributed by atoms with Crippen molar-refractivity contribution in [3.8, 4) is 0 Å². The van der Waals surface area contributed by atoms with Gasteiger partial charge >= 0.3 is 0 Å². The van der Waals surface area contributed by atoms with Crippen molar-refractivity contribution in [3.63, 3.8) is 0 Å². The molecule has 0 saturated carbocycles. The minimum Gasteiger partial charge on any atom is -0.398 e. The zero-order chi connectivity index (χ0) is 29.3. The van der Waals surface area contributed by atoms with Crippen LogP contribution in [0.4, 0.5) is 11.4 Å². The third kappa shape index (κ3) is 15.7. The van der Waals surface area contributed by atoms with E-state index in [1.54, 1.807) is 0 Å². The van der Waals surface area contributed by atoms with Crippen molar-refractivity contribution in [3.05, 3.63) is 22.3 Å². The van der Waals surface area contributed by atoms with Gasteiger partial charge in [0.15, 0.2) is 0 Å². The topological polar surface area (TPSA) is 52.0 Å². The van der Waals surface area contributed by atoms with Crippen molar-refractivity contribution >= 4 is 11.4 Å². The van der Waals surface area contributed by atoms with Gasteiger partial charge in [0.25, 0.3) is 0 Å². The third-order valence-electron chi connectivity index (χ3n) is 9.15. The van der Waals surface area contributed by atoms with Gasteiger partial charge in [-0.15, -0.1) is 0 Å². The van der Waals surface area contributed by atoms with E-state index in [1.165, 1.54) is 176 Å². The van der Waals surface area contributed by atoms with E-state index < -0.39 is 0 Å². The van der Waals surface area contributed by atoms with E-state index in [2.05, 4.69) is 27.7 Å². The lowest BCUT2D eigenvalue weighted by Gasteiger charge is -2.24. The Hall–Kier alpha value is -1.18. The molecule has 2 nitrogen and oxygen atoms in total. The number of nitrogen functional groups attached to an aromatic ring is 2. The quantitative estimate of drug-likeness (QED) is 0.0796. The average Bonchev–Trinajstić information content (AvgIpc) is 2.96. The van der Waals surface area contributed by atoms with Gasteiger partial charge in [-0.25, -0.2) is 0 Å². The van der Waals surface area contributed by atoms with E-state index >= 15 is 0 Å². The molecule has 0 heterocycles. The zero-order valence-corrected chi connectivity index (χ0v) is 28.0. The molecule has 0 bridgehead atoms. The van der Waals surface area contributed by atoms with Gasteiger partial charge in [0.05, 0.1) is 0 Å². The van der Waals surface area contributed by atoms with Crippen LogP contribution in [0.5, 0.6) is 0 Å². The van der Waals surface area contributed by atoms with Gasteiger partial charge in [0, 0.05) is 11.4 Å². The van der Waals surface area contributed by atoms with Crippen LogP contribution in [0.3, 0.4) is 0 Å². The summed E-state index contributed by atoms with van der Waals surface area (Å²) in [5.41, 5.74) is 22.4. The summed E-state index contributed by atoms with van der Waals surface area (Å²) >= 11 is 0. The van der Waals surface area contributed by atoms with Crippen LogP contribution in [-0.2, 0) is 25.7 Å². The van der Waals surface area contributed by atoms with Gasteiger partial charge < -0.3 is 11.5 Å². The Morgan fingerprint density at radius 3 is 0.650 bits per heavy atom. The molecule has 40 heavy (non-hydrogen) atoms. The van der Waals surface area contributed by atoms with Gasteiger partial charge in [-0.1, -0.05) is 156 Å². The lowest BCUT2D eigenvalue weighted by atomic mass is 9.84. The molecule has 0 radical (unpaired) electrons. The lowest BCUT2D eigenvalue weighted by molar-refractivity contribution is 0.595. The Balaban J connectivity index is 3.11. The normalized spacial score (nSPS) is 11.5. The molecule has 0 aliphatic rings. The number of anilines is 2. The highest BCUT2D eigenvalue weighted by Gasteiger charge is 2.20. The third-order valence-corrected chi connectivity index (χ3v) is 9.15. The van der Waals surface area contributed by atoms with Gasteiger partial charge in [0.1, 0.15) is 0 Å². The molecule has 1 aromatic carbocycles. The largest absolute Gasteiger partial charge is 0.398 e. The first-order valence-corrected chi connectivity index (χ1v) is 18.3. The van der Waals surface area contributed by atoms with E-state index in [-0.39, 0.29) is 0 Å². The Kier molecular flexibility index (Phi) is 23.5. The lowest BCUT2D eigenvalue weighted by Crippen LogP contribution is -2.13. The summed E-state index contributed by atoms with van der Waals surface area (Å²) in [6, 6.07) is 0. The molecule has 0 fully saturated rings. The molecule has 1 rings (SSSR count). The molecule has 0 unspecified atom stereocenters. The first-order valence-electron chi connectivity index (χ1n) is 18.3. The van der Waals surface area contributed by atoms with Crippen LogP contribution in [0, 0.1) is 0 Å². The predicted molar refractivity (Wildman–Crippen MR) is 184 cm³/mol. The minimum absolute atomic E-state index is 1.12. The van der Waals surface area contributed by atoms with Crippen LogP contribution < -0.4 is 11.5 Å². The predicted octanol–water partition coefficient (Wildman–Crippen LogP) is 12.5. The number of nitrogens with two attached hydrogens (primary N) is 2. The van der Waals surface area contributed by atoms with Crippen molar-refractivity contribution in [1.29, 1.82) is 0 Å². The van der Waals surface area contributed by atoms with Crippen molar-refractivity contribution in [2.45, 2.75) is 207 Å². The molecule has 0 aliphatic heterocycles. The summed E-state index contributed by atoms with van der Waals surface area (Å²) in [4.78, 5) is 0. The van der Waals surface area contributed by atoms with Crippen molar-refractivity contribution in [2.75, 3.05) is 11.5 Å². The zero-order valence-electron chi connectivity index (χ0n) is 28.0. The molecule has 1 aromatic rings. The second kappa shape index (κ2) is 25.5. The summed E-state index contributed by atoms with van der Waals surface area (Å²) < 4.78 is 0. The molecule has 0 aliphatic carbocycles. The maximum Gasteiger partial charge on any atom is 0.0386 e. The smallest absolute Gasteiger partial charge is 0.0386 e. The van der Waals surface area contributed by atoms with E-state index in [1.807, 2.05) is 0 Å². The Morgan fingerprint density at radius 1 is 0.275 bits per heavy atom. The first kappa shape index (κ1) is 36.8. The van der Waals surface area contributed by atoms with Gasteiger partial charge in [-0.05, 0) is 73.6 Å². The Bertz CT molecular complexity index is 605. The first-order chi connectivity index (χ1) is 19.6. The number of unbranched alkanes of at least 4 members (excludes halogenated alkanes) is 20. The molecule has 234 valence electrons. The van der Waals surface area contributed by atoms with Crippen LogP contribution in [-0.4, -0.2) is 0 Å². The van der Waals surface area contributed by atoms with Crippen molar-refractivity contribution in [1.82, 2.24) is 0 Å². The molecule has 2 heteroatoms. The summed E-state index contributed by atoms with van der Waals surface area (Å²) in [6.45, 7) is 9.21. The number of benzene rings is 1. The van der Waals surface area contributed by atoms with Crippen LogP contribution in [0.2, 0.25) is 0 Å². The molecule has 0 saturated heterocycles. The minimum atomic E-state index is 1.12. The monoisotopic (exact) mass is 557 g/mol. The standard InChI is InChI=1S/C38H72N2/c1-5-9-13-17-21-25-29-33-34(30-26-22-18-14-10-6-2)38(40)36(32-28-24-20-16-12-8-4)35(37(33)39)31-27-23-19-15-11-7-3/h5-32,39-40H2,1-4H3. The van der Waals surface area contributed by atoms with Crippen molar-refractivity contribution < 1.29 is 0 Å². The maximum absolute atomic E-state index is 7.16. The molecule has 0 amide bonds. The van der Waals surface area contributed by atoms with Crippen LogP contribution in [0.25, 0.3) is 0 Å². The van der Waals surface area contributed by atoms with Gasteiger partial charge in [-0.3, -0.25) is 0 Å². The highest BCUT2D eigenvalue weighted by molar-refractivity contribution is 5.71. The number of hydrogen-bond donors (Lipinski definition) is 2. The highest BCUT2D eigenvalue weighted by Crippen LogP contribution is 2.37. The molecule has 0 aromatic heterocycles. The highest BCUT2D eigenvalue weighted by atomic mass is 14.6. The summed E-state index contributed by atoms with van der Waals surface area (Å²) in [5, 5.41) is 0. The van der Waals surface area contributed by atoms with Crippen LogP contribution >= 0.6 is 0 Å². The van der Waals surface area contributed by atoms with E-state index in [9.17, 15) is 0 Å². The summed E-state index contributed by atoms with van der Waals surface area (Å²) in [7, 11) is 0. The second-order valence-electron chi connectivity index (χ2n) is 12.8. The number of hydrogen-bond acceptors (Lipinski definition) is 2. The molecule has 0 spiro atoms. The fraction of sp³-hybridized carbons (Fsp3) is 0.842. The fourth-order valence-corrected chi connectivity index (χ4v) is 6.49. The van der Waals surface area contributed by atoms with Crippen LogP contribution in [0.15, 0.2) is 0 Å². The van der Waals surface area contributed by atoms with Crippen molar-refractivity contribution in [2.24, 2.45) is 0 Å². The molecule has 0 atom stereocenters. The maximum atomic E-state index is 7.16. The van der Waals surface area contributed by atoms with Crippen LogP contribution in [0.1, 0.15) is 204 Å². The second-order valence-corrected chi connectivity index (χ2v) is 12.8. The van der Waals surface area contributed by atoms with E-state index in [0.29, 0.717) is 0 Å². The fourth-order valence-electron chi connectivity index (χ4n) is 6.49. The summed E-state index contributed by atoms with van der Waals surface area (Å²) in [5.74, 6) is 0. The van der Waals surface area contributed by atoms with Gasteiger partial charge in [-0.2, -0.15) is 0 Å².